The van der Waals surface area contributed by atoms with Gasteiger partial charge < -0.3 is 9.64 Å². The molecule has 1 aliphatic heterocycles. The second-order valence-electron chi connectivity index (χ2n) is 10.8. The average Bonchev–Trinajstić information content (AvgIpc) is 3.30. The lowest BCUT2D eigenvalue weighted by molar-refractivity contribution is 0.299. The van der Waals surface area contributed by atoms with Crippen molar-refractivity contribution in [3.63, 3.8) is 0 Å². The number of aryl methyl sites for hydroxylation is 1. The van der Waals surface area contributed by atoms with Crippen molar-refractivity contribution in [1.82, 2.24) is 9.71 Å². The summed E-state index contributed by atoms with van der Waals surface area (Å²) in [6.07, 6.45) is 4.56. The van der Waals surface area contributed by atoms with E-state index in [2.05, 4.69) is 21.8 Å². The number of rotatable bonds is 8. The van der Waals surface area contributed by atoms with Gasteiger partial charge in [-0.3, -0.25) is 0 Å². The first-order valence-corrected chi connectivity index (χ1v) is 14.8. The lowest BCUT2D eigenvalue weighted by Gasteiger charge is -2.19. The summed E-state index contributed by atoms with van der Waals surface area (Å²) in [6, 6.07) is 15.5. The van der Waals surface area contributed by atoms with E-state index in [1.165, 1.54) is 29.9 Å². The van der Waals surface area contributed by atoms with Crippen LogP contribution >= 0.6 is 0 Å². The molecule has 1 saturated heterocycles. The van der Waals surface area contributed by atoms with Crippen LogP contribution in [0, 0.1) is 24.6 Å². The molecule has 2 aliphatic carbocycles. The SMILES string of the molecule is Cc1nc(N2CCC(CNS(C)(=O)=O)C2)ccc1-c1ccc(F)c(COc2ccc3c(c2)CC2CC32)c1. The zero-order valence-electron chi connectivity index (χ0n) is 21.2. The van der Waals surface area contributed by atoms with Crippen LogP contribution in [-0.4, -0.2) is 39.3 Å². The van der Waals surface area contributed by atoms with Crippen molar-refractivity contribution in [3.8, 4) is 16.9 Å². The van der Waals surface area contributed by atoms with E-state index in [-0.39, 0.29) is 18.3 Å². The fraction of sp³-hybridized carbons (Fsp3) is 0.414. The molecule has 194 valence electrons. The molecule has 3 unspecified atom stereocenters. The molecule has 8 heteroatoms. The highest BCUT2D eigenvalue weighted by atomic mass is 32.2. The van der Waals surface area contributed by atoms with Gasteiger partial charge in [-0.1, -0.05) is 12.1 Å². The second-order valence-corrected chi connectivity index (χ2v) is 12.6. The number of sulfonamides is 1. The minimum atomic E-state index is -3.19. The van der Waals surface area contributed by atoms with Crippen LogP contribution < -0.4 is 14.4 Å². The molecule has 0 amide bonds. The summed E-state index contributed by atoms with van der Waals surface area (Å²) in [7, 11) is -3.19. The third kappa shape index (κ3) is 5.22. The molecule has 0 radical (unpaired) electrons. The molecule has 3 aromatic rings. The van der Waals surface area contributed by atoms with Crippen molar-refractivity contribution in [3.05, 3.63) is 76.7 Å². The molecule has 2 fully saturated rings. The highest BCUT2D eigenvalue weighted by Crippen LogP contribution is 2.56. The number of ether oxygens (including phenoxy) is 1. The molecule has 2 heterocycles. The third-order valence-corrected chi connectivity index (χ3v) is 8.68. The van der Waals surface area contributed by atoms with Gasteiger partial charge in [-0.2, -0.15) is 0 Å². The minimum absolute atomic E-state index is 0.173. The van der Waals surface area contributed by atoms with E-state index in [0.717, 1.165) is 66.2 Å². The van der Waals surface area contributed by atoms with E-state index in [1.54, 1.807) is 6.07 Å². The standard InChI is InChI=1S/C29H32FN3O3S/c1-18-25(6-8-29(32-18)33-10-9-19(16-33)15-31-37(2,34)35)20-3-7-28(30)23(11-20)17-36-24-4-5-26-21(13-24)12-22-14-27(22)26/h3-8,11,13,19,22,27,31H,9-10,12,14-17H2,1-2H3. The summed E-state index contributed by atoms with van der Waals surface area (Å²) < 4.78 is 46.1. The van der Waals surface area contributed by atoms with Crippen LogP contribution in [0.4, 0.5) is 10.2 Å². The van der Waals surface area contributed by atoms with Gasteiger partial charge in [0.1, 0.15) is 24.0 Å². The maximum Gasteiger partial charge on any atom is 0.208 e. The topological polar surface area (TPSA) is 71.5 Å². The largest absolute Gasteiger partial charge is 0.489 e. The average molecular weight is 522 g/mol. The van der Waals surface area contributed by atoms with Crippen LogP contribution in [0.2, 0.25) is 0 Å². The highest BCUT2D eigenvalue weighted by molar-refractivity contribution is 7.88. The molecule has 0 bridgehead atoms. The van der Waals surface area contributed by atoms with Gasteiger partial charge in [-0.25, -0.2) is 22.5 Å². The number of anilines is 1. The molecule has 2 aromatic carbocycles. The van der Waals surface area contributed by atoms with Crippen LogP contribution in [-0.2, 0) is 23.1 Å². The van der Waals surface area contributed by atoms with Crippen LogP contribution in [0.3, 0.4) is 0 Å². The summed E-state index contributed by atoms with van der Waals surface area (Å²) in [5.74, 6) is 3.23. The molecule has 6 nitrogen and oxygen atoms in total. The van der Waals surface area contributed by atoms with Crippen molar-refractivity contribution in [2.24, 2.45) is 11.8 Å². The Labute approximate surface area is 217 Å². The number of hydrogen-bond acceptors (Lipinski definition) is 5. The molecule has 0 spiro atoms. The number of benzene rings is 2. The molecule has 1 saturated carbocycles. The fourth-order valence-corrected chi connectivity index (χ4v) is 6.40. The smallest absolute Gasteiger partial charge is 0.208 e. The third-order valence-electron chi connectivity index (χ3n) is 7.98. The van der Waals surface area contributed by atoms with Crippen molar-refractivity contribution >= 4 is 15.8 Å². The summed E-state index contributed by atoms with van der Waals surface area (Å²) in [4.78, 5) is 7.02. The molecular weight excluding hydrogens is 489 g/mol. The Balaban J connectivity index is 1.13. The van der Waals surface area contributed by atoms with Crippen molar-refractivity contribution in [2.75, 3.05) is 30.8 Å². The first-order valence-electron chi connectivity index (χ1n) is 12.9. The maximum atomic E-state index is 14.7. The van der Waals surface area contributed by atoms with E-state index in [0.29, 0.717) is 12.1 Å². The first-order chi connectivity index (χ1) is 17.7. The van der Waals surface area contributed by atoms with Crippen molar-refractivity contribution in [2.45, 2.75) is 38.7 Å². The van der Waals surface area contributed by atoms with Gasteiger partial charge in [-0.05, 0) is 97.0 Å². The number of hydrogen-bond donors (Lipinski definition) is 1. The Morgan fingerprint density at radius 3 is 2.84 bits per heavy atom. The molecule has 1 N–H and O–H groups in total. The maximum absolute atomic E-state index is 14.7. The van der Waals surface area contributed by atoms with Crippen LogP contribution in [0.1, 0.15) is 41.1 Å². The monoisotopic (exact) mass is 521 g/mol. The van der Waals surface area contributed by atoms with Crippen LogP contribution in [0.25, 0.3) is 11.1 Å². The number of halogens is 1. The van der Waals surface area contributed by atoms with Gasteiger partial charge >= 0.3 is 0 Å². The molecule has 3 aliphatic rings. The van der Waals surface area contributed by atoms with Gasteiger partial charge in [0.15, 0.2) is 0 Å². The number of aromatic nitrogens is 1. The summed E-state index contributed by atoms with van der Waals surface area (Å²) >= 11 is 0. The highest BCUT2D eigenvalue weighted by Gasteiger charge is 2.44. The zero-order chi connectivity index (χ0) is 25.7. The lowest BCUT2D eigenvalue weighted by atomic mass is 10.0. The fourth-order valence-electron chi connectivity index (χ4n) is 5.87. The molecular formula is C29H32FN3O3S. The van der Waals surface area contributed by atoms with Gasteiger partial charge in [0.2, 0.25) is 10.0 Å². The number of nitrogens with one attached hydrogen (secondary N) is 1. The van der Waals surface area contributed by atoms with Gasteiger partial charge in [0.05, 0.1) is 6.26 Å². The summed E-state index contributed by atoms with van der Waals surface area (Å²) in [5.41, 5.74) is 6.09. The van der Waals surface area contributed by atoms with Gasteiger partial charge in [0.25, 0.3) is 0 Å². The minimum Gasteiger partial charge on any atom is -0.489 e. The van der Waals surface area contributed by atoms with E-state index >= 15 is 0 Å². The summed E-state index contributed by atoms with van der Waals surface area (Å²) in [5, 5.41) is 0. The summed E-state index contributed by atoms with van der Waals surface area (Å²) in [6.45, 7) is 4.18. The number of nitrogens with zero attached hydrogens (tertiary/aromatic N) is 2. The Morgan fingerprint density at radius 2 is 2.03 bits per heavy atom. The molecule has 6 rings (SSSR count). The first kappa shape index (κ1) is 24.4. The predicted molar refractivity (Wildman–Crippen MR) is 143 cm³/mol. The quantitative estimate of drug-likeness (QED) is 0.461. The van der Waals surface area contributed by atoms with Gasteiger partial charge in [-0.15, -0.1) is 0 Å². The van der Waals surface area contributed by atoms with E-state index in [9.17, 15) is 12.8 Å². The Kier molecular flexibility index (Phi) is 6.19. The Bertz CT molecular complexity index is 1460. The predicted octanol–water partition coefficient (Wildman–Crippen LogP) is 4.81. The second kappa shape index (κ2) is 9.40. The van der Waals surface area contributed by atoms with E-state index in [4.69, 9.17) is 9.72 Å². The molecule has 37 heavy (non-hydrogen) atoms. The number of pyridine rings is 1. The normalized spacial score (nSPS) is 22.1. The van der Waals surface area contributed by atoms with Crippen LogP contribution in [0.15, 0.2) is 48.5 Å². The van der Waals surface area contributed by atoms with E-state index in [1.807, 2.05) is 31.2 Å². The van der Waals surface area contributed by atoms with Crippen LogP contribution in [0.5, 0.6) is 5.75 Å². The van der Waals surface area contributed by atoms with E-state index < -0.39 is 10.0 Å². The molecule has 1 aromatic heterocycles. The van der Waals surface area contributed by atoms with Crippen molar-refractivity contribution in [1.29, 1.82) is 0 Å². The number of fused-ring (bicyclic) bond motifs is 3. The zero-order valence-corrected chi connectivity index (χ0v) is 22.0. The molecule has 3 atom stereocenters. The Morgan fingerprint density at radius 1 is 1.16 bits per heavy atom. The lowest BCUT2D eigenvalue weighted by Crippen LogP contribution is -2.30. The van der Waals surface area contributed by atoms with Crippen molar-refractivity contribution < 1.29 is 17.5 Å². The Hall–Kier alpha value is -2.97. The van der Waals surface area contributed by atoms with Gasteiger partial charge in [0, 0.05) is 36.5 Å².